The van der Waals surface area contributed by atoms with Crippen molar-refractivity contribution in [3.63, 3.8) is 0 Å². The number of hydrogen-bond donors (Lipinski definition) is 1. The van der Waals surface area contributed by atoms with E-state index in [-0.39, 0.29) is 0 Å². The molecule has 0 aromatic rings. The fourth-order valence-corrected chi connectivity index (χ4v) is 1.97. The van der Waals surface area contributed by atoms with Crippen LogP contribution in [0.4, 0.5) is 0 Å². The van der Waals surface area contributed by atoms with Crippen molar-refractivity contribution in [2.75, 3.05) is 19.8 Å². The molecule has 17 heavy (non-hydrogen) atoms. The summed E-state index contributed by atoms with van der Waals surface area (Å²) in [4.78, 5) is 0. The molecule has 0 saturated heterocycles. The third-order valence-corrected chi connectivity index (χ3v) is 3.03. The van der Waals surface area contributed by atoms with Crippen molar-refractivity contribution in [1.29, 1.82) is 0 Å². The highest BCUT2D eigenvalue weighted by Gasteiger charge is 2.05. The number of ether oxygens (including phenoxy) is 1. The zero-order chi connectivity index (χ0) is 12.8. The lowest BCUT2D eigenvalue weighted by Crippen LogP contribution is -2.34. The zero-order valence-corrected chi connectivity index (χ0v) is 12.3. The summed E-state index contributed by atoms with van der Waals surface area (Å²) in [7, 11) is 0. The molecule has 2 heteroatoms. The van der Waals surface area contributed by atoms with Gasteiger partial charge in [-0.1, -0.05) is 52.9 Å². The van der Waals surface area contributed by atoms with Crippen LogP contribution in [0.15, 0.2) is 0 Å². The fourth-order valence-electron chi connectivity index (χ4n) is 1.97. The molecule has 0 fully saturated rings. The van der Waals surface area contributed by atoms with Gasteiger partial charge in [-0.2, -0.15) is 0 Å². The van der Waals surface area contributed by atoms with Crippen LogP contribution < -0.4 is 5.32 Å². The van der Waals surface area contributed by atoms with Crippen molar-refractivity contribution >= 4 is 0 Å². The minimum absolute atomic E-state index is 0.565. The summed E-state index contributed by atoms with van der Waals surface area (Å²) >= 11 is 0. The van der Waals surface area contributed by atoms with Gasteiger partial charge in [0.25, 0.3) is 0 Å². The smallest absolute Gasteiger partial charge is 0.0619 e. The van der Waals surface area contributed by atoms with Gasteiger partial charge in [0.1, 0.15) is 0 Å². The fraction of sp³-hybridized carbons (Fsp3) is 1.00. The highest BCUT2D eigenvalue weighted by Crippen LogP contribution is 2.03. The van der Waals surface area contributed by atoms with Crippen LogP contribution >= 0.6 is 0 Å². The van der Waals surface area contributed by atoms with Gasteiger partial charge in [-0.05, 0) is 25.8 Å². The van der Waals surface area contributed by atoms with Crippen LogP contribution in [0.2, 0.25) is 0 Å². The molecule has 0 aromatic heterocycles. The van der Waals surface area contributed by atoms with Gasteiger partial charge in [-0.3, -0.25) is 0 Å². The molecule has 0 rings (SSSR count). The third-order valence-electron chi connectivity index (χ3n) is 3.03. The molecule has 0 aromatic carbocycles. The molecule has 0 aliphatic heterocycles. The van der Waals surface area contributed by atoms with E-state index in [2.05, 4.69) is 26.1 Å². The summed E-state index contributed by atoms with van der Waals surface area (Å²) in [5.74, 6) is 0. The minimum Gasteiger partial charge on any atom is -0.380 e. The van der Waals surface area contributed by atoms with Crippen molar-refractivity contribution in [2.45, 2.75) is 78.2 Å². The Labute approximate surface area is 109 Å². The molecule has 0 aliphatic rings. The van der Waals surface area contributed by atoms with Gasteiger partial charge in [0.05, 0.1) is 6.61 Å². The Morgan fingerprint density at radius 1 is 0.882 bits per heavy atom. The summed E-state index contributed by atoms with van der Waals surface area (Å²) in [6.45, 7) is 9.66. The highest BCUT2D eigenvalue weighted by molar-refractivity contribution is 4.64. The first kappa shape index (κ1) is 16.9. The molecule has 1 N–H and O–H groups in total. The monoisotopic (exact) mass is 243 g/mol. The van der Waals surface area contributed by atoms with Crippen molar-refractivity contribution in [2.24, 2.45) is 0 Å². The minimum atomic E-state index is 0.565. The van der Waals surface area contributed by atoms with E-state index in [4.69, 9.17) is 4.74 Å². The number of hydrogen-bond acceptors (Lipinski definition) is 2. The molecular formula is C15H33NO. The standard InChI is InChI=1S/C15H33NO/c1-4-7-8-9-10-13-17-14-15(11-5-2)16-12-6-3/h15-16H,4-14H2,1-3H3. The summed E-state index contributed by atoms with van der Waals surface area (Å²) in [6, 6.07) is 0.565. The molecule has 0 heterocycles. The van der Waals surface area contributed by atoms with Gasteiger partial charge in [0.2, 0.25) is 0 Å². The second-order valence-corrected chi connectivity index (χ2v) is 4.93. The largest absolute Gasteiger partial charge is 0.380 e. The van der Waals surface area contributed by atoms with Crippen LogP contribution in [0.3, 0.4) is 0 Å². The molecule has 0 amide bonds. The Hall–Kier alpha value is -0.0800. The van der Waals surface area contributed by atoms with Crippen LogP contribution in [-0.2, 0) is 4.74 Å². The first-order valence-electron chi connectivity index (χ1n) is 7.66. The quantitative estimate of drug-likeness (QED) is 0.491. The molecule has 104 valence electrons. The van der Waals surface area contributed by atoms with Gasteiger partial charge < -0.3 is 10.1 Å². The third kappa shape index (κ3) is 12.2. The lowest BCUT2D eigenvalue weighted by atomic mass is 10.1. The Morgan fingerprint density at radius 2 is 1.65 bits per heavy atom. The van der Waals surface area contributed by atoms with Crippen LogP contribution in [0.25, 0.3) is 0 Å². The maximum absolute atomic E-state index is 5.76. The van der Waals surface area contributed by atoms with E-state index >= 15 is 0 Å². The summed E-state index contributed by atoms with van der Waals surface area (Å²) in [5.41, 5.74) is 0. The lowest BCUT2D eigenvalue weighted by molar-refractivity contribution is 0.105. The maximum atomic E-state index is 5.76. The Bertz CT molecular complexity index is 139. The van der Waals surface area contributed by atoms with Gasteiger partial charge in [0.15, 0.2) is 0 Å². The predicted octanol–water partition coefficient (Wildman–Crippen LogP) is 4.14. The molecule has 0 saturated carbocycles. The number of unbranched alkanes of at least 4 members (excludes halogenated alkanes) is 4. The van der Waals surface area contributed by atoms with E-state index in [0.717, 1.165) is 19.8 Å². The molecule has 0 aliphatic carbocycles. The second-order valence-electron chi connectivity index (χ2n) is 4.93. The number of nitrogens with one attached hydrogen (secondary N) is 1. The van der Waals surface area contributed by atoms with Gasteiger partial charge in [-0.15, -0.1) is 0 Å². The Morgan fingerprint density at radius 3 is 2.29 bits per heavy atom. The van der Waals surface area contributed by atoms with E-state index in [1.165, 1.54) is 51.4 Å². The van der Waals surface area contributed by atoms with E-state index in [1.54, 1.807) is 0 Å². The molecular weight excluding hydrogens is 210 g/mol. The van der Waals surface area contributed by atoms with Crippen molar-refractivity contribution in [3.05, 3.63) is 0 Å². The Kier molecular flexibility index (Phi) is 13.9. The van der Waals surface area contributed by atoms with Crippen LogP contribution in [0.1, 0.15) is 72.1 Å². The molecule has 0 bridgehead atoms. The molecule has 2 nitrogen and oxygen atoms in total. The average Bonchev–Trinajstić information content (AvgIpc) is 2.34. The first-order chi connectivity index (χ1) is 8.35. The van der Waals surface area contributed by atoms with Gasteiger partial charge in [-0.25, -0.2) is 0 Å². The normalized spacial score (nSPS) is 12.9. The average molecular weight is 243 g/mol. The topological polar surface area (TPSA) is 21.3 Å². The maximum Gasteiger partial charge on any atom is 0.0619 e. The molecule has 1 atom stereocenters. The van der Waals surface area contributed by atoms with E-state index < -0.39 is 0 Å². The Balaban J connectivity index is 3.34. The predicted molar refractivity (Wildman–Crippen MR) is 76.6 cm³/mol. The van der Waals surface area contributed by atoms with Gasteiger partial charge >= 0.3 is 0 Å². The highest BCUT2D eigenvalue weighted by atomic mass is 16.5. The van der Waals surface area contributed by atoms with Crippen molar-refractivity contribution < 1.29 is 4.74 Å². The van der Waals surface area contributed by atoms with Crippen molar-refractivity contribution in [1.82, 2.24) is 5.32 Å². The van der Waals surface area contributed by atoms with Crippen LogP contribution in [0, 0.1) is 0 Å². The molecule has 1 unspecified atom stereocenters. The van der Waals surface area contributed by atoms with Crippen molar-refractivity contribution in [3.8, 4) is 0 Å². The van der Waals surface area contributed by atoms with Crippen LogP contribution in [-0.4, -0.2) is 25.8 Å². The zero-order valence-electron chi connectivity index (χ0n) is 12.3. The molecule has 0 spiro atoms. The van der Waals surface area contributed by atoms with Crippen LogP contribution in [0.5, 0.6) is 0 Å². The molecule has 0 radical (unpaired) electrons. The van der Waals surface area contributed by atoms with Gasteiger partial charge in [0, 0.05) is 12.6 Å². The van der Waals surface area contributed by atoms with E-state index in [9.17, 15) is 0 Å². The summed E-state index contributed by atoms with van der Waals surface area (Å²) in [5, 5.41) is 3.56. The summed E-state index contributed by atoms with van der Waals surface area (Å²) < 4.78 is 5.76. The second kappa shape index (κ2) is 14.0. The summed E-state index contributed by atoms with van der Waals surface area (Å²) in [6.07, 6.45) is 10.3. The first-order valence-corrected chi connectivity index (χ1v) is 7.66. The SMILES string of the molecule is CCCCCCCOCC(CCC)NCCC. The number of rotatable bonds is 13. The van der Waals surface area contributed by atoms with E-state index in [1.807, 2.05) is 0 Å². The van der Waals surface area contributed by atoms with E-state index in [0.29, 0.717) is 6.04 Å². The lowest BCUT2D eigenvalue weighted by Gasteiger charge is -2.17.